The van der Waals surface area contributed by atoms with E-state index in [1.807, 2.05) is 51.9 Å². The van der Waals surface area contributed by atoms with Crippen molar-refractivity contribution >= 4 is 17.3 Å². The highest BCUT2D eigenvalue weighted by Crippen LogP contribution is 2.26. The van der Waals surface area contributed by atoms with E-state index in [0.717, 1.165) is 46.5 Å². The number of hydrogen-bond acceptors (Lipinski definition) is 6. The lowest BCUT2D eigenvalue weighted by molar-refractivity contribution is 0.414. The van der Waals surface area contributed by atoms with E-state index in [4.69, 9.17) is 15.5 Å². The smallest absolute Gasteiger partial charge is 0.118 e. The number of aliphatic imine (C=N–C) groups is 1. The Labute approximate surface area is 193 Å². The Bertz CT molecular complexity index is 1260. The van der Waals surface area contributed by atoms with Crippen molar-refractivity contribution in [1.82, 2.24) is 24.4 Å². The van der Waals surface area contributed by atoms with E-state index in [9.17, 15) is 0 Å². The van der Waals surface area contributed by atoms with Gasteiger partial charge in [0.05, 0.1) is 55.2 Å². The van der Waals surface area contributed by atoms with Gasteiger partial charge in [-0.15, -0.1) is 0 Å². The fourth-order valence-corrected chi connectivity index (χ4v) is 3.78. The summed E-state index contributed by atoms with van der Waals surface area (Å²) in [6, 6.07) is 10.1. The van der Waals surface area contributed by atoms with Crippen LogP contribution in [0.1, 0.15) is 44.0 Å². The minimum Gasteiger partial charge on any atom is -0.497 e. The number of allylic oxidation sites excluding steroid dienone is 1. The molecule has 4 aromatic rings. The van der Waals surface area contributed by atoms with Crippen LogP contribution in [0.3, 0.4) is 0 Å². The molecule has 0 radical (unpaired) electrons. The zero-order chi connectivity index (χ0) is 23.2. The topological polar surface area (TPSA) is 95.6 Å². The van der Waals surface area contributed by atoms with E-state index >= 15 is 0 Å². The molecule has 170 valence electrons. The van der Waals surface area contributed by atoms with E-state index in [1.54, 1.807) is 19.5 Å². The lowest BCUT2D eigenvalue weighted by atomic mass is 10.1. The predicted molar refractivity (Wildman–Crippen MR) is 131 cm³/mol. The van der Waals surface area contributed by atoms with Gasteiger partial charge in [-0.1, -0.05) is 26.0 Å². The number of aromatic nitrogens is 5. The van der Waals surface area contributed by atoms with Gasteiger partial charge in [-0.2, -0.15) is 10.2 Å². The third-order valence-corrected chi connectivity index (χ3v) is 5.72. The van der Waals surface area contributed by atoms with Crippen molar-refractivity contribution < 1.29 is 4.74 Å². The number of benzene rings is 1. The van der Waals surface area contributed by atoms with Crippen LogP contribution >= 0.6 is 0 Å². The van der Waals surface area contributed by atoms with Gasteiger partial charge in [-0.3, -0.25) is 9.67 Å². The fourth-order valence-electron chi connectivity index (χ4n) is 3.78. The number of ether oxygens (including phenoxy) is 1. The lowest BCUT2D eigenvalue weighted by Gasteiger charge is -2.12. The molecule has 0 spiro atoms. The highest BCUT2D eigenvalue weighted by Gasteiger charge is 2.15. The molecule has 8 heteroatoms. The van der Waals surface area contributed by atoms with Crippen molar-refractivity contribution in [3.63, 3.8) is 0 Å². The zero-order valence-electron chi connectivity index (χ0n) is 19.2. The van der Waals surface area contributed by atoms with Gasteiger partial charge in [-0.05, 0) is 36.6 Å². The second-order valence-corrected chi connectivity index (χ2v) is 7.75. The maximum absolute atomic E-state index is 5.95. The van der Waals surface area contributed by atoms with E-state index in [-0.39, 0.29) is 0 Å². The van der Waals surface area contributed by atoms with Gasteiger partial charge in [0.15, 0.2) is 0 Å². The Morgan fingerprint density at radius 2 is 1.91 bits per heavy atom. The minimum absolute atomic E-state index is 0.368. The van der Waals surface area contributed by atoms with Crippen molar-refractivity contribution in [3.8, 4) is 17.0 Å². The van der Waals surface area contributed by atoms with Gasteiger partial charge in [0.1, 0.15) is 5.75 Å². The number of nitrogens with zero attached hydrogens (tertiary/aromatic N) is 6. The fraction of sp³-hybridized carbons (Fsp3) is 0.280. The summed E-state index contributed by atoms with van der Waals surface area (Å²) < 4.78 is 9.04. The molecule has 0 aliphatic rings. The molecule has 0 aliphatic carbocycles. The van der Waals surface area contributed by atoms with Gasteiger partial charge in [0.2, 0.25) is 0 Å². The Balaban J connectivity index is 1.63. The largest absolute Gasteiger partial charge is 0.497 e. The van der Waals surface area contributed by atoms with Crippen molar-refractivity contribution in [2.24, 2.45) is 10.7 Å². The molecule has 0 saturated heterocycles. The molecular weight excluding hydrogens is 414 g/mol. The summed E-state index contributed by atoms with van der Waals surface area (Å²) in [6.45, 7) is 4.88. The molecule has 3 heterocycles. The Hall–Kier alpha value is -3.94. The quantitative estimate of drug-likeness (QED) is 0.383. The summed E-state index contributed by atoms with van der Waals surface area (Å²) in [6.07, 6.45) is 12.9. The number of hydrogen-bond donors (Lipinski definition) is 1. The summed E-state index contributed by atoms with van der Waals surface area (Å²) in [7, 11) is 1.65. The summed E-state index contributed by atoms with van der Waals surface area (Å²) in [5, 5.41) is 9.01. The third-order valence-electron chi connectivity index (χ3n) is 5.72. The predicted octanol–water partition coefficient (Wildman–Crippen LogP) is 4.53. The van der Waals surface area contributed by atoms with Crippen molar-refractivity contribution in [3.05, 3.63) is 72.6 Å². The van der Waals surface area contributed by atoms with Crippen molar-refractivity contribution in [2.75, 3.05) is 7.11 Å². The van der Waals surface area contributed by atoms with Crippen molar-refractivity contribution in [1.29, 1.82) is 0 Å². The summed E-state index contributed by atoms with van der Waals surface area (Å²) >= 11 is 0. The standard InChI is InChI=1S/C25H29N7O/c1-4-21(5-2)31-16-20(15-29-31)25-24-10-11-28-32(24)17-23(30-25)19(12-26)14-27-13-18-6-8-22(33-3)9-7-18/h6-12,14-17,21H,4-5,13,26H2,1-3H3. The number of fused-ring (bicyclic) bond motifs is 1. The maximum Gasteiger partial charge on any atom is 0.118 e. The van der Waals surface area contributed by atoms with Crippen LogP contribution < -0.4 is 10.5 Å². The normalized spacial score (nSPS) is 12.3. The molecule has 0 aliphatic heterocycles. The number of methoxy groups -OCH3 is 1. The Morgan fingerprint density at radius 3 is 2.61 bits per heavy atom. The van der Waals surface area contributed by atoms with Gasteiger partial charge in [0.25, 0.3) is 0 Å². The van der Waals surface area contributed by atoms with Gasteiger partial charge < -0.3 is 10.5 Å². The summed E-state index contributed by atoms with van der Waals surface area (Å²) in [5.74, 6) is 0.821. The molecule has 33 heavy (non-hydrogen) atoms. The van der Waals surface area contributed by atoms with Crippen molar-refractivity contribution in [2.45, 2.75) is 39.3 Å². The summed E-state index contributed by atoms with van der Waals surface area (Å²) in [4.78, 5) is 9.48. The van der Waals surface area contributed by atoms with E-state index in [1.165, 1.54) is 6.20 Å². The maximum atomic E-state index is 5.95. The van der Waals surface area contributed by atoms with Crippen LogP contribution in [0.5, 0.6) is 5.75 Å². The van der Waals surface area contributed by atoms with E-state index < -0.39 is 0 Å². The van der Waals surface area contributed by atoms with Gasteiger partial charge in [0, 0.05) is 29.7 Å². The van der Waals surface area contributed by atoms with Crippen LogP contribution in [0.2, 0.25) is 0 Å². The first-order valence-corrected chi connectivity index (χ1v) is 11.1. The SMILES string of the molecule is CCC(CC)n1cc(-c2nc(C(C=NCc3ccc(OC)cc3)=CN)cn3nccc23)cn1. The molecule has 0 saturated carbocycles. The molecule has 8 nitrogen and oxygen atoms in total. The first-order chi connectivity index (χ1) is 16.2. The first kappa shape index (κ1) is 22.3. The molecule has 0 atom stereocenters. The second-order valence-electron chi connectivity index (χ2n) is 7.75. The molecule has 0 amide bonds. The zero-order valence-corrected chi connectivity index (χ0v) is 19.2. The highest BCUT2D eigenvalue weighted by atomic mass is 16.5. The van der Waals surface area contributed by atoms with E-state index in [2.05, 4.69) is 35.2 Å². The van der Waals surface area contributed by atoms with E-state index in [0.29, 0.717) is 18.3 Å². The van der Waals surface area contributed by atoms with Gasteiger partial charge >= 0.3 is 0 Å². The minimum atomic E-state index is 0.368. The first-order valence-electron chi connectivity index (χ1n) is 11.1. The molecule has 0 bridgehead atoms. The lowest BCUT2D eigenvalue weighted by Crippen LogP contribution is -2.06. The van der Waals surface area contributed by atoms with Crippen LogP contribution in [0, 0.1) is 0 Å². The molecule has 0 unspecified atom stereocenters. The molecule has 1 aromatic carbocycles. The summed E-state index contributed by atoms with van der Waals surface area (Å²) in [5.41, 5.74) is 11.1. The Kier molecular flexibility index (Phi) is 6.83. The molecule has 3 aromatic heterocycles. The second kappa shape index (κ2) is 10.1. The molecule has 0 fully saturated rings. The third kappa shape index (κ3) is 4.79. The molecular formula is C25H29N7O. The molecule has 4 rings (SSSR count). The monoisotopic (exact) mass is 443 g/mol. The van der Waals surface area contributed by atoms with Crippen LogP contribution in [-0.2, 0) is 6.54 Å². The molecule has 2 N–H and O–H groups in total. The highest BCUT2D eigenvalue weighted by molar-refractivity contribution is 6.09. The Morgan fingerprint density at radius 1 is 1.12 bits per heavy atom. The van der Waals surface area contributed by atoms with Crippen LogP contribution in [-0.4, -0.2) is 37.7 Å². The number of rotatable bonds is 9. The van der Waals surface area contributed by atoms with Crippen LogP contribution in [0.25, 0.3) is 22.3 Å². The van der Waals surface area contributed by atoms with Crippen LogP contribution in [0.15, 0.2) is 66.3 Å². The van der Waals surface area contributed by atoms with Crippen LogP contribution in [0.4, 0.5) is 0 Å². The van der Waals surface area contributed by atoms with Gasteiger partial charge in [-0.25, -0.2) is 9.50 Å². The average molecular weight is 444 g/mol. The average Bonchev–Trinajstić information content (AvgIpc) is 3.52. The number of nitrogens with two attached hydrogens (primary N) is 1.